The number of benzene rings is 10. The monoisotopic (exact) mass is 755 g/mol. The van der Waals surface area contributed by atoms with Gasteiger partial charge in [-0.2, -0.15) is 0 Å². The first kappa shape index (κ1) is 31.9. The number of ether oxygens (including phenoxy) is 1. The van der Waals surface area contributed by atoms with Gasteiger partial charge in [0.1, 0.15) is 11.5 Å². The first-order valence-electron chi connectivity index (χ1n) is 19.9. The van der Waals surface area contributed by atoms with Crippen LogP contribution in [0.5, 0.6) is 11.5 Å². The minimum Gasteiger partial charge on any atom is -0.457 e. The molecule has 13 rings (SSSR count). The van der Waals surface area contributed by atoms with Crippen molar-refractivity contribution >= 4 is 80.9 Å². The molecule has 58 heavy (non-hydrogen) atoms. The highest BCUT2D eigenvalue weighted by Crippen LogP contribution is 2.61. The molecule has 1 aliphatic carbocycles. The summed E-state index contributed by atoms with van der Waals surface area (Å²) in [5.41, 5.74) is 10.1. The molecule has 1 aromatic heterocycles. The Morgan fingerprint density at radius 3 is 1.93 bits per heavy atom. The van der Waals surface area contributed by atoms with Crippen LogP contribution in [0.2, 0.25) is 0 Å². The molecular formula is C55H33NOS. The third kappa shape index (κ3) is 4.26. The minimum atomic E-state index is -0.587. The van der Waals surface area contributed by atoms with Gasteiger partial charge in [0.25, 0.3) is 0 Å². The van der Waals surface area contributed by atoms with Crippen molar-refractivity contribution in [1.29, 1.82) is 0 Å². The molecular weight excluding hydrogens is 723 g/mol. The Balaban J connectivity index is 1.08. The molecule has 2 nitrogen and oxygen atoms in total. The SMILES string of the molecule is c1ccc2c(c1)Oc1cc(N(c3ccc4c(c3)sc3c5ccccc5ccc43)c3cccc4ccccc34)ccc1C21c2ccccc2-c2cccc3cccc1c23. The lowest BCUT2D eigenvalue weighted by Crippen LogP contribution is -2.36. The number of anilines is 3. The predicted molar refractivity (Wildman–Crippen MR) is 244 cm³/mol. The van der Waals surface area contributed by atoms with Gasteiger partial charge in [-0.1, -0.05) is 164 Å². The zero-order valence-corrected chi connectivity index (χ0v) is 32.1. The Hall–Kier alpha value is -7.20. The maximum absolute atomic E-state index is 7.08. The molecule has 0 bridgehead atoms. The number of rotatable bonds is 3. The molecule has 270 valence electrons. The van der Waals surface area contributed by atoms with Crippen molar-refractivity contribution in [3.05, 3.63) is 222 Å². The smallest absolute Gasteiger partial charge is 0.134 e. The van der Waals surface area contributed by atoms with Crippen molar-refractivity contribution in [1.82, 2.24) is 0 Å². The highest BCUT2D eigenvalue weighted by Gasteiger charge is 2.49. The molecule has 1 aliphatic heterocycles. The van der Waals surface area contributed by atoms with E-state index in [2.05, 4.69) is 205 Å². The van der Waals surface area contributed by atoms with Crippen molar-refractivity contribution in [2.24, 2.45) is 0 Å². The van der Waals surface area contributed by atoms with Crippen LogP contribution >= 0.6 is 11.3 Å². The molecule has 1 spiro atoms. The van der Waals surface area contributed by atoms with Gasteiger partial charge in [0.2, 0.25) is 0 Å². The lowest BCUT2D eigenvalue weighted by Gasteiger charge is -2.45. The van der Waals surface area contributed by atoms with Gasteiger partial charge in [-0.05, 0) is 79.5 Å². The van der Waals surface area contributed by atoms with Gasteiger partial charge in [0.05, 0.1) is 11.1 Å². The highest BCUT2D eigenvalue weighted by molar-refractivity contribution is 7.26. The number of thiophene rings is 1. The van der Waals surface area contributed by atoms with Crippen LogP contribution in [-0.4, -0.2) is 0 Å². The molecule has 10 aromatic carbocycles. The first-order valence-corrected chi connectivity index (χ1v) is 20.7. The molecule has 0 amide bonds. The normalized spacial score (nSPS) is 15.1. The van der Waals surface area contributed by atoms with E-state index in [1.165, 1.54) is 80.3 Å². The number of hydrogen-bond donors (Lipinski definition) is 0. The molecule has 0 radical (unpaired) electrons. The van der Waals surface area contributed by atoms with Gasteiger partial charge in [0, 0.05) is 54.1 Å². The van der Waals surface area contributed by atoms with E-state index in [1.807, 2.05) is 11.3 Å². The minimum absolute atomic E-state index is 0.587. The van der Waals surface area contributed by atoms with Crippen molar-refractivity contribution in [2.45, 2.75) is 5.41 Å². The van der Waals surface area contributed by atoms with Crippen molar-refractivity contribution < 1.29 is 4.74 Å². The summed E-state index contributed by atoms with van der Waals surface area (Å²) in [4.78, 5) is 2.42. The Morgan fingerprint density at radius 1 is 0.397 bits per heavy atom. The third-order valence-corrected chi connectivity index (χ3v) is 13.9. The fourth-order valence-electron chi connectivity index (χ4n) is 10.3. The van der Waals surface area contributed by atoms with Gasteiger partial charge in [-0.25, -0.2) is 0 Å². The third-order valence-electron chi connectivity index (χ3n) is 12.7. The average Bonchev–Trinajstić information content (AvgIpc) is 3.66. The van der Waals surface area contributed by atoms with E-state index in [4.69, 9.17) is 4.74 Å². The van der Waals surface area contributed by atoms with E-state index in [1.54, 1.807) is 0 Å². The summed E-state index contributed by atoms with van der Waals surface area (Å²) in [6, 6.07) is 73.7. The van der Waals surface area contributed by atoms with E-state index < -0.39 is 5.41 Å². The standard InChI is InChI=1S/C55H33NOS/c1-3-17-39-34(12-1)14-11-24-49(39)56(38-27-30-42-44-29-26-35-13-2-4-18-40(35)54(44)58-52(42)33-38)37-28-31-47-51(32-37)57-50-25-8-7-22-46(50)55(47)45-21-6-5-19-41(45)43-20-9-15-36-16-10-23-48(55)53(36)43/h1-33H. The maximum Gasteiger partial charge on any atom is 0.134 e. The van der Waals surface area contributed by atoms with Gasteiger partial charge < -0.3 is 9.64 Å². The zero-order valence-electron chi connectivity index (χ0n) is 31.3. The number of hydrogen-bond acceptors (Lipinski definition) is 3. The van der Waals surface area contributed by atoms with Gasteiger partial charge in [-0.3, -0.25) is 0 Å². The van der Waals surface area contributed by atoms with E-state index in [9.17, 15) is 0 Å². The molecule has 0 fully saturated rings. The summed E-state index contributed by atoms with van der Waals surface area (Å²) in [6.07, 6.45) is 0. The molecule has 3 heteroatoms. The fourth-order valence-corrected chi connectivity index (χ4v) is 11.6. The quantitative estimate of drug-likeness (QED) is 0.178. The van der Waals surface area contributed by atoms with Crippen LogP contribution in [0, 0.1) is 0 Å². The Labute approximate surface area is 339 Å². The second kappa shape index (κ2) is 11.9. The van der Waals surface area contributed by atoms with Crippen LogP contribution in [0.15, 0.2) is 200 Å². The van der Waals surface area contributed by atoms with E-state index >= 15 is 0 Å². The van der Waals surface area contributed by atoms with Crippen molar-refractivity contribution in [3.63, 3.8) is 0 Å². The number of para-hydroxylation sites is 1. The van der Waals surface area contributed by atoms with Gasteiger partial charge in [0.15, 0.2) is 0 Å². The van der Waals surface area contributed by atoms with E-state index in [0.717, 1.165) is 34.1 Å². The lowest BCUT2D eigenvalue weighted by molar-refractivity contribution is 0.435. The summed E-state index contributed by atoms with van der Waals surface area (Å²) in [5, 5.41) is 10.1. The lowest BCUT2D eigenvalue weighted by atomic mass is 9.58. The van der Waals surface area contributed by atoms with E-state index in [-0.39, 0.29) is 0 Å². The molecule has 11 aromatic rings. The van der Waals surface area contributed by atoms with E-state index in [0.29, 0.717) is 0 Å². The van der Waals surface area contributed by atoms with Crippen LogP contribution < -0.4 is 9.64 Å². The Kier molecular flexibility index (Phi) is 6.56. The summed E-state index contributed by atoms with van der Waals surface area (Å²) >= 11 is 1.88. The van der Waals surface area contributed by atoms with Crippen molar-refractivity contribution in [3.8, 4) is 22.6 Å². The number of nitrogens with zero attached hydrogens (tertiary/aromatic N) is 1. The maximum atomic E-state index is 7.08. The van der Waals surface area contributed by atoms with Crippen LogP contribution in [0.3, 0.4) is 0 Å². The first-order chi connectivity index (χ1) is 28.8. The largest absolute Gasteiger partial charge is 0.457 e. The average molecular weight is 756 g/mol. The second-order valence-electron chi connectivity index (χ2n) is 15.6. The Morgan fingerprint density at radius 2 is 1.02 bits per heavy atom. The van der Waals surface area contributed by atoms with Crippen LogP contribution in [0.4, 0.5) is 17.1 Å². The molecule has 0 N–H and O–H groups in total. The van der Waals surface area contributed by atoms with Gasteiger partial charge in [-0.15, -0.1) is 11.3 Å². The molecule has 2 aliphatic rings. The van der Waals surface area contributed by atoms with Crippen molar-refractivity contribution in [2.75, 3.05) is 4.90 Å². The molecule has 1 unspecified atom stereocenters. The summed E-state index contributed by atoms with van der Waals surface area (Å²) in [6.45, 7) is 0. The van der Waals surface area contributed by atoms with Crippen LogP contribution in [0.1, 0.15) is 22.3 Å². The summed E-state index contributed by atoms with van der Waals surface area (Å²) < 4.78 is 9.68. The van der Waals surface area contributed by atoms with Gasteiger partial charge >= 0.3 is 0 Å². The Bertz CT molecular complexity index is 3510. The predicted octanol–water partition coefficient (Wildman–Crippen LogP) is 15.5. The highest BCUT2D eigenvalue weighted by atomic mass is 32.1. The number of fused-ring (bicyclic) bond motifs is 14. The van der Waals surface area contributed by atoms with Crippen LogP contribution in [-0.2, 0) is 5.41 Å². The zero-order chi connectivity index (χ0) is 38.0. The fraction of sp³-hybridized carbons (Fsp3) is 0.0182. The summed E-state index contributed by atoms with van der Waals surface area (Å²) in [7, 11) is 0. The molecule has 2 heterocycles. The topological polar surface area (TPSA) is 12.5 Å². The molecule has 0 saturated heterocycles. The summed E-state index contributed by atoms with van der Waals surface area (Å²) in [5.74, 6) is 1.75. The molecule has 0 saturated carbocycles. The second-order valence-corrected chi connectivity index (χ2v) is 16.6. The molecule has 1 atom stereocenters. The van der Waals surface area contributed by atoms with Crippen LogP contribution in [0.25, 0.3) is 63.6 Å².